The van der Waals surface area contributed by atoms with Crippen LogP contribution in [0.5, 0.6) is 11.5 Å². The van der Waals surface area contributed by atoms with Crippen molar-refractivity contribution in [3.8, 4) is 11.5 Å². The molecule has 1 fully saturated rings. The van der Waals surface area contributed by atoms with Crippen LogP contribution >= 0.6 is 0 Å². The third-order valence-electron chi connectivity index (χ3n) is 4.05. The van der Waals surface area contributed by atoms with Gasteiger partial charge in [-0.3, -0.25) is 0 Å². The highest BCUT2D eigenvalue weighted by atomic mass is 16.5. The van der Waals surface area contributed by atoms with Crippen LogP contribution < -0.4 is 20.1 Å². The summed E-state index contributed by atoms with van der Waals surface area (Å²) in [6.45, 7) is 4.31. The molecule has 0 radical (unpaired) electrons. The monoisotopic (exact) mass is 278 g/mol. The number of anilines is 1. The molecule has 2 atom stereocenters. The van der Waals surface area contributed by atoms with E-state index in [-0.39, 0.29) is 0 Å². The van der Waals surface area contributed by atoms with Crippen molar-refractivity contribution in [1.82, 2.24) is 0 Å². The summed E-state index contributed by atoms with van der Waals surface area (Å²) in [4.78, 5) is 2.42. The molecule has 0 aliphatic carbocycles. The molecule has 2 rings (SSSR count). The molecule has 4 heteroatoms. The van der Waals surface area contributed by atoms with Crippen molar-refractivity contribution in [2.75, 3.05) is 32.2 Å². The average molecular weight is 278 g/mol. The maximum absolute atomic E-state index is 5.84. The largest absolute Gasteiger partial charge is 0.493 e. The lowest BCUT2D eigenvalue weighted by Gasteiger charge is -2.20. The van der Waals surface area contributed by atoms with Gasteiger partial charge in [-0.15, -0.1) is 0 Å². The van der Waals surface area contributed by atoms with Gasteiger partial charge < -0.3 is 20.1 Å². The van der Waals surface area contributed by atoms with Gasteiger partial charge in [0.1, 0.15) is 0 Å². The van der Waals surface area contributed by atoms with E-state index < -0.39 is 0 Å². The zero-order valence-electron chi connectivity index (χ0n) is 12.8. The van der Waals surface area contributed by atoms with E-state index in [0.29, 0.717) is 6.04 Å². The normalized spacial score (nSPS) is 20.0. The molecule has 1 aliphatic rings. The van der Waals surface area contributed by atoms with Crippen molar-refractivity contribution < 1.29 is 9.47 Å². The predicted octanol–water partition coefficient (Wildman–Crippen LogP) is 2.66. The third kappa shape index (κ3) is 3.57. The van der Waals surface area contributed by atoms with Crippen molar-refractivity contribution >= 4 is 5.69 Å². The standard InChI is InChI=1S/C16H26N2O2/c1-12(17)4-5-13-8-9-18(11-13)14-6-7-15(19-2)16(10-14)20-3/h6-7,10,12-13H,4-5,8-9,11,17H2,1-3H3. The second kappa shape index (κ2) is 6.84. The van der Waals surface area contributed by atoms with E-state index in [2.05, 4.69) is 24.0 Å². The fourth-order valence-electron chi connectivity index (χ4n) is 2.82. The Morgan fingerprint density at radius 3 is 2.70 bits per heavy atom. The van der Waals surface area contributed by atoms with Crippen LogP contribution in [-0.2, 0) is 0 Å². The summed E-state index contributed by atoms with van der Waals surface area (Å²) in [7, 11) is 3.34. The van der Waals surface area contributed by atoms with Gasteiger partial charge in [-0.05, 0) is 44.2 Å². The Bertz CT molecular complexity index is 434. The summed E-state index contributed by atoms with van der Waals surface area (Å²) in [6.07, 6.45) is 3.59. The van der Waals surface area contributed by atoms with Crippen LogP contribution in [0.25, 0.3) is 0 Å². The Hall–Kier alpha value is -1.42. The molecule has 0 spiro atoms. The minimum atomic E-state index is 0.310. The Morgan fingerprint density at radius 2 is 2.05 bits per heavy atom. The molecule has 2 unspecified atom stereocenters. The first-order valence-electron chi connectivity index (χ1n) is 7.36. The molecular formula is C16H26N2O2. The minimum Gasteiger partial charge on any atom is -0.493 e. The molecule has 1 aliphatic heterocycles. The first-order chi connectivity index (χ1) is 9.63. The second-order valence-electron chi connectivity index (χ2n) is 5.69. The van der Waals surface area contributed by atoms with Gasteiger partial charge in [0.05, 0.1) is 14.2 Å². The third-order valence-corrected chi connectivity index (χ3v) is 4.05. The topological polar surface area (TPSA) is 47.7 Å². The number of ether oxygens (including phenoxy) is 2. The van der Waals surface area contributed by atoms with Gasteiger partial charge in [0.2, 0.25) is 0 Å². The molecule has 1 saturated heterocycles. The molecule has 20 heavy (non-hydrogen) atoms. The Balaban J connectivity index is 1.99. The first-order valence-corrected chi connectivity index (χ1v) is 7.36. The summed E-state index contributed by atoms with van der Waals surface area (Å²) in [5.74, 6) is 2.34. The van der Waals surface area contributed by atoms with Gasteiger partial charge in [-0.2, -0.15) is 0 Å². The van der Waals surface area contributed by atoms with Crippen LogP contribution in [-0.4, -0.2) is 33.4 Å². The highest BCUT2D eigenvalue weighted by molar-refractivity contribution is 5.56. The van der Waals surface area contributed by atoms with E-state index in [1.165, 1.54) is 18.5 Å². The maximum Gasteiger partial charge on any atom is 0.162 e. The van der Waals surface area contributed by atoms with Crippen molar-refractivity contribution in [1.29, 1.82) is 0 Å². The van der Waals surface area contributed by atoms with E-state index in [0.717, 1.165) is 36.9 Å². The number of nitrogens with zero attached hydrogens (tertiary/aromatic N) is 1. The predicted molar refractivity (Wildman–Crippen MR) is 82.7 cm³/mol. The number of hydrogen-bond donors (Lipinski definition) is 1. The zero-order valence-corrected chi connectivity index (χ0v) is 12.8. The van der Waals surface area contributed by atoms with Gasteiger partial charge in [0.15, 0.2) is 11.5 Å². The van der Waals surface area contributed by atoms with Crippen LogP contribution in [0.2, 0.25) is 0 Å². The minimum absolute atomic E-state index is 0.310. The van der Waals surface area contributed by atoms with E-state index in [9.17, 15) is 0 Å². The van der Waals surface area contributed by atoms with Crippen molar-refractivity contribution in [2.24, 2.45) is 11.7 Å². The van der Waals surface area contributed by atoms with Crippen LogP contribution in [0.3, 0.4) is 0 Å². The van der Waals surface area contributed by atoms with Gasteiger partial charge in [0.25, 0.3) is 0 Å². The lowest BCUT2D eigenvalue weighted by molar-refractivity contribution is 0.355. The SMILES string of the molecule is COc1ccc(N2CCC(CCC(C)N)C2)cc1OC. The molecule has 4 nitrogen and oxygen atoms in total. The van der Waals surface area contributed by atoms with E-state index in [1.807, 2.05) is 6.07 Å². The number of rotatable bonds is 6. The van der Waals surface area contributed by atoms with Crippen molar-refractivity contribution in [2.45, 2.75) is 32.2 Å². The molecular weight excluding hydrogens is 252 g/mol. The quantitative estimate of drug-likeness (QED) is 0.869. The Morgan fingerprint density at radius 1 is 1.30 bits per heavy atom. The fraction of sp³-hybridized carbons (Fsp3) is 0.625. The number of nitrogens with two attached hydrogens (primary N) is 1. The molecule has 1 aromatic carbocycles. The Kier molecular flexibility index (Phi) is 5.12. The molecule has 2 N–H and O–H groups in total. The fourth-order valence-corrected chi connectivity index (χ4v) is 2.82. The van der Waals surface area contributed by atoms with Gasteiger partial charge in [-0.1, -0.05) is 0 Å². The molecule has 112 valence electrons. The molecule has 0 saturated carbocycles. The Labute approximate surface area is 121 Å². The van der Waals surface area contributed by atoms with E-state index >= 15 is 0 Å². The van der Waals surface area contributed by atoms with E-state index in [4.69, 9.17) is 15.2 Å². The highest BCUT2D eigenvalue weighted by Gasteiger charge is 2.23. The lowest BCUT2D eigenvalue weighted by atomic mass is 10.0. The summed E-state index contributed by atoms with van der Waals surface area (Å²) in [5.41, 5.74) is 7.06. The number of methoxy groups -OCH3 is 2. The summed E-state index contributed by atoms with van der Waals surface area (Å²) >= 11 is 0. The second-order valence-corrected chi connectivity index (χ2v) is 5.69. The van der Waals surface area contributed by atoms with E-state index in [1.54, 1.807) is 14.2 Å². The molecule has 1 aromatic rings. The smallest absolute Gasteiger partial charge is 0.162 e. The van der Waals surface area contributed by atoms with Crippen LogP contribution in [0, 0.1) is 5.92 Å². The molecule has 0 bridgehead atoms. The van der Waals surface area contributed by atoms with Gasteiger partial charge in [0, 0.05) is 30.9 Å². The van der Waals surface area contributed by atoms with Gasteiger partial charge >= 0.3 is 0 Å². The van der Waals surface area contributed by atoms with Crippen LogP contribution in [0.4, 0.5) is 5.69 Å². The summed E-state index contributed by atoms with van der Waals surface area (Å²) in [6, 6.07) is 6.45. The first kappa shape index (κ1) is 15.0. The van der Waals surface area contributed by atoms with Crippen molar-refractivity contribution in [3.05, 3.63) is 18.2 Å². The molecule has 0 amide bonds. The lowest BCUT2D eigenvalue weighted by Crippen LogP contribution is -2.21. The summed E-state index contributed by atoms with van der Waals surface area (Å²) < 4.78 is 10.7. The number of benzene rings is 1. The number of hydrogen-bond acceptors (Lipinski definition) is 4. The van der Waals surface area contributed by atoms with Crippen LogP contribution in [0.15, 0.2) is 18.2 Å². The molecule has 0 aromatic heterocycles. The molecule has 1 heterocycles. The van der Waals surface area contributed by atoms with Crippen molar-refractivity contribution in [3.63, 3.8) is 0 Å². The van der Waals surface area contributed by atoms with Gasteiger partial charge in [-0.25, -0.2) is 0 Å². The average Bonchev–Trinajstić information content (AvgIpc) is 2.93. The van der Waals surface area contributed by atoms with Crippen LogP contribution in [0.1, 0.15) is 26.2 Å². The zero-order chi connectivity index (χ0) is 14.5. The summed E-state index contributed by atoms with van der Waals surface area (Å²) in [5, 5.41) is 0. The highest BCUT2D eigenvalue weighted by Crippen LogP contribution is 2.34. The maximum atomic E-state index is 5.84.